The Balaban J connectivity index is 3.01. The number of hydrogen-bond acceptors (Lipinski definition) is 3. The molecule has 1 aromatic carbocycles. The first-order valence-corrected chi connectivity index (χ1v) is 5.50. The quantitative estimate of drug-likeness (QED) is 0.357. The number of amidine groups is 1. The summed E-state index contributed by atoms with van der Waals surface area (Å²) in [6.07, 6.45) is 3.45. The number of thioether (sulfide) groups is 1. The van der Waals surface area contributed by atoms with Crippen LogP contribution in [0.1, 0.15) is 0 Å². The molecule has 0 spiro atoms. The molecule has 0 amide bonds. The van der Waals surface area contributed by atoms with Crippen LogP contribution in [-0.4, -0.2) is 11.4 Å². The van der Waals surface area contributed by atoms with Crippen LogP contribution in [0, 0.1) is 17.3 Å². The van der Waals surface area contributed by atoms with Gasteiger partial charge in [0.05, 0.1) is 0 Å². The van der Waals surface area contributed by atoms with E-state index >= 15 is 0 Å². The molecule has 78 valence electrons. The van der Waals surface area contributed by atoms with Crippen LogP contribution >= 0.6 is 23.4 Å². The molecular formula is C9H7ClFN3S. The molecule has 0 saturated carbocycles. The Hall–Kier alpha value is -1.25. The van der Waals surface area contributed by atoms with Crippen molar-refractivity contribution in [3.05, 3.63) is 29.0 Å². The lowest BCUT2D eigenvalue weighted by Gasteiger charge is -2.01. The first-order valence-electron chi connectivity index (χ1n) is 3.90. The Morgan fingerprint density at radius 1 is 1.67 bits per heavy atom. The van der Waals surface area contributed by atoms with Crippen LogP contribution in [0.2, 0.25) is 5.02 Å². The molecule has 0 saturated heterocycles. The van der Waals surface area contributed by atoms with Gasteiger partial charge >= 0.3 is 0 Å². The predicted octanol–water partition coefficient (Wildman–Crippen LogP) is 2.90. The Kier molecular flexibility index (Phi) is 4.40. The number of benzene rings is 1. The standard InChI is InChI=1S/C9H7ClFN3S/c1-15-9(13-5-12)14-8-3-2-6(10)4-7(8)11/h2-4H,1H3,(H,13,14). The number of hydrogen-bond donors (Lipinski definition) is 1. The summed E-state index contributed by atoms with van der Waals surface area (Å²) in [5, 5.41) is 11.4. The molecule has 0 aliphatic rings. The Labute approximate surface area is 96.0 Å². The Morgan fingerprint density at radius 3 is 2.93 bits per heavy atom. The summed E-state index contributed by atoms with van der Waals surface area (Å²) in [7, 11) is 0. The minimum Gasteiger partial charge on any atom is -0.271 e. The zero-order valence-electron chi connectivity index (χ0n) is 7.79. The summed E-state index contributed by atoms with van der Waals surface area (Å²) in [4.78, 5) is 3.92. The molecule has 15 heavy (non-hydrogen) atoms. The average molecular weight is 244 g/mol. The van der Waals surface area contributed by atoms with E-state index in [2.05, 4.69) is 10.3 Å². The van der Waals surface area contributed by atoms with Crippen molar-refractivity contribution in [3.8, 4) is 6.19 Å². The summed E-state index contributed by atoms with van der Waals surface area (Å²) >= 11 is 6.81. The maximum atomic E-state index is 13.3. The molecule has 0 aliphatic carbocycles. The summed E-state index contributed by atoms with van der Waals surface area (Å²) < 4.78 is 13.3. The molecule has 0 aromatic heterocycles. The smallest absolute Gasteiger partial charge is 0.183 e. The van der Waals surface area contributed by atoms with Crippen molar-refractivity contribution in [2.75, 3.05) is 6.26 Å². The Bertz CT molecular complexity index is 428. The zero-order valence-corrected chi connectivity index (χ0v) is 9.36. The normalized spacial score (nSPS) is 10.9. The zero-order chi connectivity index (χ0) is 11.3. The molecule has 0 fully saturated rings. The van der Waals surface area contributed by atoms with Gasteiger partial charge in [-0.25, -0.2) is 9.38 Å². The second-order valence-electron chi connectivity index (χ2n) is 2.45. The third-order valence-electron chi connectivity index (χ3n) is 1.49. The summed E-state index contributed by atoms with van der Waals surface area (Å²) in [5.74, 6) is -0.520. The maximum Gasteiger partial charge on any atom is 0.183 e. The topological polar surface area (TPSA) is 48.2 Å². The van der Waals surface area contributed by atoms with E-state index in [9.17, 15) is 4.39 Å². The number of rotatable bonds is 1. The molecule has 6 heteroatoms. The van der Waals surface area contributed by atoms with Gasteiger partial charge in [0.2, 0.25) is 0 Å². The van der Waals surface area contributed by atoms with Crippen molar-refractivity contribution in [2.24, 2.45) is 4.99 Å². The lowest BCUT2D eigenvalue weighted by atomic mass is 10.3. The van der Waals surface area contributed by atoms with Gasteiger partial charge in [0.15, 0.2) is 11.4 Å². The van der Waals surface area contributed by atoms with Crippen LogP contribution in [0.5, 0.6) is 0 Å². The van der Waals surface area contributed by atoms with E-state index in [0.29, 0.717) is 10.2 Å². The number of halogens is 2. The molecule has 0 atom stereocenters. The summed E-state index contributed by atoms with van der Waals surface area (Å²) in [6, 6.07) is 4.16. The minimum atomic E-state index is -0.520. The average Bonchev–Trinajstić information content (AvgIpc) is 2.21. The monoisotopic (exact) mass is 243 g/mol. The van der Waals surface area contributed by atoms with Gasteiger partial charge in [-0.3, -0.25) is 5.32 Å². The fraction of sp³-hybridized carbons (Fsp3) is 0.111. The van der Waals surface area contributed by atoms with Crippen LogP contribution in [0.15, 0.2) is 23.2 Å². The van der Waals surface area contributed by atoms with Gasteiger partial charge in [-0.1, -0.05) is 23.4 Å². The van der Waals surface area contributed by atoms with Crippen molar-refractivity contribution < 1.29 is 4.39 Å². The third kappa shape index (κ3) is 3.42. The summed E-state index contributed by atoms with van der Waals surface area (Å²) in [6.45, 7) is 0. The van der Waals surface area contributed by atoms with Gasteiger partial charge < -0.3 is 0 Å². The van der Waals surface area contributed by atoms with Gasteiger partial charge in [0.1, 0.15) is 11.5 Å². The number of nitrogens with one attached hydrogen (secondary N) is 1. The first-order chi connectivity index (χ1) is 7.17. The molecule has 0 bridgehead atoms. The van der Waals surface area contributed by atoms with E-state index < -0.39 is 5.82 Å². The predicted molar refractivity (Wildman–Crippen MR) is 60.8 cm³/mol. The van der Waals surface area contributed by atoms with Crippen molar-refractivity contribution in [2.45, 2.75) is 0 Å². The number of nitrogens with zero attached hydrogens (tertiary/aromatic N) is 2. The van der Waals surface area contributed by atoms with E-state index in [4.69, 9.17) is 16.9 Å². The lowest BCUT2D eigenvalue weighted by molar-refractivity contribution is 0.630. The van der Waals surface area contributed by atoms with E-state index in [0.717, 1.165) is 0 Å². The molecule has 0 unspecified atom stereocenters. The highest BCUT2D eigenvalue weighted by Crippen LogP contribution is 2.22. The highest BCUT2D eigenvalue weighted by Gasteiger charge is 2.03. The van der Waals surface area contributed by atoms with Gasteiger partial charge in [0.25, 0.3) is 0 Å². The highest BCUT2D eigenvalue weighted by atomic mass is 35.5. The molecular weight excluding hydrogens is 237 g/mol. The summed E-state index contributed by atoms with van der Waals surface area (Å²) in [5.41, 5.74) is 0.145. The fourth-order valence-electron chi connectivity index (χ4n) is 0.854. The van der Waals surface area contributed by atoms with E-state index in [1.165, 1.54) is 30.0 Å². The second-order valence-corrected chi connectivity index (χ2v) is 3.68. The van der Waals surface area contributed by atoms with Gasteiger partial charge in [-0.2, -0.15) is 5.26 Å². The van der Waals surface area contributed by atoms with Crippen LogP contribution in [0.3, 0.4) is 0 Å². The van der Waals surface area contributed by atoms with E-state index in [-0.39, 0.29) is 5.69 Å². The second kappa shape index (κ2) is 5.59. The van der Waals surface area contributed by atoms with E-state index in [1.807, 2.05) is 0 Å². The van der Waals surface area contributed by atoms with Crippen molar-refractivity contribution >= 4 is 34.2 Å². The molecule has 0 heterocycles. The van der Waals surface area contributed by atoms with Crippen molar-refractivity contribution in [3.63, 3.8) is 0 Å². The SMILES string of the molecule is CSC(=Nc1ccc(Cl)cc1F)NC#N. The maximum absolute atomic E-state index is 13.3. The van der Waals surface area contributed by atoms with E-state index in [1.54, 1.807) is 12.4 Å². The van der Waals surface area contributed by atoms with Gasteiger partial charge in [0, 0.05) is 5.02 Å². The number of nitriles is 1. The highest BCUT2D eigenvalue weighted by molar-refractivity contribution is 8.13. The third-order valence-corrected chi connectivity index (χ3v) is 2.30. The molecule has 1 rings (SSSR count). The van der Waals surface area contributed by atoms with Crippen molar-refractivity contribution in [1.29, 1.82) is 5.26 Å². The lowest BCUT2D eigenvalue weighted by Crippen LogP contribution is -2.12. The van der Waals surface area contributed by atoms with Crippen LogP contribution in [0.4, 0.5) is 10.1 Å². The van der Waals surface area contributed by atoms with Gasteiger partial charge in [-0.05, 0) is 24.5 Å². The van der Waals surface area contributed by atoms with Crippen LogP contribution < -0.4 is 5.32 Å². The first kappa shape index (κ1) is 11.8. The van der Waals surface area contributed by atoms with Crippen LogP contribution in [-0.2, 0) is 0 Å². The van der Waals surface area contributed by atoms with Gasteiger partial charge in [-0.15, -0.1) is 0 Å². The largest absolute Gasteiger partial charge is 0.271 e. The minimum absolute atomic E-state index is 0.145. The fourth-order valence-corrected chi connectivity index (χ4v) is 1.35. The molecule has 0 aliphatic heterocycles. The molecule has 1 N–H and O–H groups in total. The van der Waals surface area contributed by atoms with Crippen LogP contribution in [0.25, 0.3) is 0 Å². The molecule has 3 nitrogen and oxygen atoms in total. The Morgan fingerprint density at radius 2 is 2.40 bits per heavy atom. The molecule has 0 radical (unpaired) electrons. The molecule has 1 aromatic rings. The van der Waals surface area contributed by atoms with Crippen molar-refractivity contribution in [1.82, 2.24) is 5.32 Å². The number of aliphatic imine (C=N–C) groups is 1.